The number of halogens is 3. The fourth-order valence-corrected chi connectivity index (χ4v) is 4.86. The molecule has 5 nitrogen and oxygen atoms in total. The normalized spacial score (nSPS) is 12.3. The van der Waals surface area contributed by atoms with Gasteiger partial charge in [0.15, 0.2) is 0 Å². The molecule has 0 bridgehead atoms. The number of rotatable bonds is 7. The number of carbonyl (C=O) groups excluding carboxylic acids is 1. The first-order chi connectivity index (χ1) is 19.7. The maximum atomic E-state index is 14.0. The molecule has 5 rings (SSSR count). The number of aryl methyl sites for hydroxylation is 1. The predicted octanol–water partition coefficient (Wildman–Crippen LogP) is 7.37. The van der Waals surface area contributed by atoms with E-state index in [0.29, 0.717) is 22.4 Å². The van der Waals surface area contributed by atoms with Crippen molar-refractivity contribution in [1.29, 1.82) is 0 Å². The molecule has 4 aromatic carbocycles. The minimum absolute atomic E-state index is 0.0918. The van der Waals surface area contributed by atoms with Gasteiger partial charge in [-0.2, -0.15) is 13.2 Å². The molecule has 8 heteroatoms. The summed E-state index contributed by atoms with van der Waals surface area (Å²) in [6.45, 7) is 3.86. The fourth-order valence-electron chi connectivity index (χ4n) is 4.86. The van der Waals surface area contributed by atoms with E-state index in [1.54, 1.807) is 31.2 Å². The highest BCUT2D eigenvalue weighted by Gasteiger charge is 2.33. The number of para-hydroxylation sites is 1. The van der Waals surface area contributed by atoms with Crippen LogP contribution in [0.4, 0.5) is 13.2 Å². The van der Waals surface area contributed by atoms with Gasteiger partial charge in [0.1, 0.15) is 5.82 Å². The number of hydrogen-bond acceptors (Lipinski definition) is 3. The number of fused-ring (bicyclic) bond motifs is 1. The molecule has 0 aliphatic heterocycles. The smallest absolute Gasteiger partial charge is 0.324 e. The zero-order valence-electron chi connectivity index (χ0n) is 22.6. The Balaban J connectivity index is 1.69. The van der Waals surface area contributed by atoms with E-state index in [4.69, 9.17) is 4.98 Å². The molecule has 208 valence electrons. The lowest BCUT2D eigenvalue weighted by molar-refractivity contribution is -0.137. The highest BCUT2D eigenvalue weighted by molar-refractivity contribution is 5.94. The molecule has 0 aliphatic carbocycles. The van der Waals surface area contributed by atoms with Gasteiger partial charge >= 0.3 is 6.18 Å². The van der Waals surface area contributed by atoms with Gasteiger partial charge in [0, 0.05) is 12.1 Å². The van der Waals surface area contributed by atoms with Crippen molar-refractivity contribution in [2.75, 3.05) is 0 Å². The second-order valence-electron chi connectivity index (χ2n) is 9.82. The van der Waals surface area contributed by atoms with Gasteiger partial charge in [-0.25, -0.2) is 4.98 Å². The molecule has 1 unspecified atom stereocenters. The third-order valence-electron chi connectivity index (χ3n) is 7.14. The first-order valence-corrected chi connectivity index (χ1v) is 13.3. The Kier molecular flexibility index (Phi) is 7.75. The van der Waals surface area contributed by atoms with Crippen LogP contribution in [0.3, 0.4) is 0 Å². The zero-order chi connectivity index (χ0) is 29.1. The lowest BCUT2D eigenvalue weighted by Crippen LogP contribution is -2.37. The summed E-state index contributed by atoms with van der Waals surface area (Å²) in [5, 5.41) is 0.418. The molecule has 0 saturated heterocycles. The highest BCUT2D eigenvalue weighted by Crippen LogP contribution is 2.31. The van der Waals surface area contributed by atoms with Gasteiger partial charge in [0.25, 0.3) is 11.5 Å². The average molecular weight is 556 g/mol. The van der Waals surface area contributed by atoms with Crippen LogP contribution in [-0.4, -0.2) is 20.4 Å². The summed E-state index contributed by atoms with van der Waals surface area (Å²) in [7, 11) is 0. The van der Waals surface area contributed by atoms with Gasteiger partial charge in [0.05, 0.1) is 28.2 Å². The highest BCUT2D eigenvalue weighted by atomic mass is 19.4. The number of aromatic nitrogens is 2. The molecular formula is C33H28F3N3O2. The van der Waals surface area contributed by atoms with Crippen LogP contribution in [0.2, 0.25) is 0 Å². The van der Waals surface area contributed by atoms with E-state index in [1.165, 1.54) is 21.6 Å². The molecular weight excluding hydrogens is 527 g/mol. The summed E-state index contributed by atoms with van der Waals surface area (Å²) >= 11 is 0. The molecule has 0 aliphatic rings. The Hall–Kier alpha value is -4.72. The van der Waals surface area contributed by atoms with Crippen molar-refractivity contribution in [2.24, 2.45) is 0 Å². The Morgan fingerprint density at radius 3 is 2.24 bits per heavy atom. The molecule has 0 N–H and O–H groups in total. The van der Waals surface area contributed by atoms with Crippen LogP contribution in [-0.2, 0) is 19.1 Å². The maximum Gasteiger partial charge on any atom is 0.416 e. The number of nitrogens with zero attached hydrogens (tertiary/aromatic N) is 3. The Bertz CT molecular complexity index is 1750. The third kappa shape index (κ3) is 5.77. The number of hydrogen-bond donors (Lipinski definition) is 0. The van der Waals surface area contributed by atoms with E-state index >= 15 is 0 Å². The second-order valence-corrected chi connectivity index (χ2v) is 9.82. The van der Waals surface area contributed by atoms with Crippen molar-refractivity contribution in [3.8, 4) is 5.69 Å². The number of amides is 1. The van der Waals surface area contributed by atoms with Crippen molar-refractivity contribution in [3.05, 3.63) is 142 Å². The van der Waals surface area contributed by atoms with Crippen LogP contribution < -0.4 is 5.56 Å². The van der Waals surface area contributed by atoms with Gasteiger partial charge in [0.2, 0.25) is 0 Å². The second kappa shape index (κ2) is 11.4. The number of carbonyl (C=O) groups is 1. The Morgan fingerprint density at radius 1 is 0.878 bits per heavy atom. The Morgan fingerprint density at radius 2 is 1.56 bits per heavy atom. The van der Waals surface area contributed by atoms with Gasteiger partial charge in [-0.15, -0.1) is 0 Å². The van der Waals surface area contributed by atoms with E-state index in [1.807, 2.05) is 61.5 Å². The average Bonchev–Trinajstić information content (AvgIpc) is 2.99. The summed E-state index contributed by atoms with van der Waals surface area (Å²) < 4.78 is 42.0. The van der Waals surface area contributed by atoms with E-state index in [9.17, 15) is 22.8 Å². The number of benzene rings is 4. The molecule has 0 fully saturated rings. The fraction of sp³-hybridized carbons (Fsp3) is 0.182. The van der Waals surface area contributed by atoms with Gasteiger partial charge in [-0.1, -0.05) is 67.6 Å². The van der Waals surface area contributed by atoms with Crippen LogP contribution in [0, 0.1) is 0 Å². The van der Waals surface area contributed by atoms with Crippen molar-refractivity contribution in [1.82, 2.24) is 14.5 Å². The molecule has 1 heterocycles. The summed E-state index contributed by atoms with van der Waals surface area (Å²) in [5.41, 5.74) is 1.60. The van der Waals surface area contributed by atoms with E-state index < -0.39 is 23.7 Å². The maximum absolute atomic E-state index is 14.0. The van der Waals surface area contributed by atoms with Crippen molar-refractivity contribution < 1.29 is 18.0 Å². The largest absolute Gasteiger partial charge is 0.416 e. The molecule has 41 heavy (non-hydrogen) atoms. The van der Waals surface area contributed by atoms with Crippen LogP contribution in [0.1, 0.15) is 52.8 Å². The standard InChI is InChI=1S/C33H28F3N3O2/c1-3-23-16-18-27(19-17-23)39-30(37-29-15-8-7-14-28(29)32(39)41)22(2)38(21-24-10-5-4-6-11-24)31(40)25-12-9-13-26(20-25)33(34,35)36/h4-20,22H,3,21H2,1-2H3. The number of alkyl halides is 3. The van der Waals surface area contributed by atoms with Gasteiger partial charge < -0.3 is 4.90 Å². The lowest BCUT2D eigenvalue weighted by Gasteiger charge is -2.31. The molecule has 1 aromatic heterocycles. The zero-order valence-corrected chi connectivity index (χ0v) is 22.6. The molecule has 0 saturated carbocycles. The summed E-state index contributed by atoms with van der Waals surface area (Å²) in [6.07, 6.45) is -3.78. The minimum atomic E-state index is -4.60. The van der Waals surface area contributed by atoms with E-state index in [0.717, 1.165) is 29.7 Å². The molecule has 1 atom stereocenters. The van der Waals surface area contributed by atoms with E-state index in [2.05, 4.69) is 0 Å². The first kappa shape index (κ1) is 27.8. The summed E-state index contributed by atoms with van der Waals surface area (Å²) in [5.74, 6) is -0.308. The van der Waals surface area contributed by atoms with Gasteiger partial charge in [-0.3, -0.25) is 14.2 Å². The van der Waals surface area contributed by atoms with Crippen LogP contribution >= 0.6 is 0 Å². The van der Waals surface area contributed by atoms with Crippen LogP contribution in [0.5, 0.6) is 0 Å². The van der Waals surface area contributed by atoms with Crippen molar-refractivity contribution in [2.45, 2.75) is 39.0 Å². The monoisotopic (exact) mass is 555 g/mol. The first-order valence-electron chi connectivity index (χ1n) is 13.3. The lowest BCUT2D eigenvalue weighted by atomic mass is 10.1. The van der Waals surface area contributed by atoms with E-state index in [-0.39, 0.29) is 17.7 Å². The summed E-state index contributed by atoms with van der Waals surface area (Å²) in [4.78, 5) is 34.1. The Labute approximate surface area is 235 Å². The van der Waals surface area contributed by atoms with Gasteiger partial charge in [-0.05, 0) is 66.9 Å². The minimum Gasteiger partial charge on any atom is -0.324 e. The molecule has 5 aromatic rings. The SMILES string of the molecule is CCc1ccc(-n2c(C(C)N(Cc3ccccc3)C(=O)c3cccc(C(F)(F)F)c3)nc3ccccc3c2=O)cc1. The van der Waals surface area contributed by atoms with Crippen molar-refractivity contribution >= 4 is 16.8 Å². The topological polar surface area (TPSA) is 55.2 Å². The molecule has 1 amide bonds. The molecule has 0 spiro atoms. The predicted molar refractivity (Wildman–Crippen MR) is 153 cm³/mol. The van der Waals surface area contributed by atoms with Crippen LogP contribution in [0.25, 0.3) is 16.6 Å². The van der Waals surface area contributed by atoms with Crippen LogP contribution in [0.15, 0.2) is 108 Å². The third-order valence-corrected chi connectivity index (χ3v) is 7.14. The van der Waals surface area contributed by atoms with Crippen molar-refractivity contribution in [3.63, 3.8) is 0 Å². The summed E-state index contributed by atoms with van der Waals surface area (Å²) in [6, 6.07) is 27.3. The molecule has 0 radical (unpaired) electrons. The quantitative estimate of drug-likeness (QED) is 0.211.